The zero-order valence-corrected chi connectivity index (χ0v) is 11.0. The molecule has 0 bridgehead atoms. The minimum Gasteiger partial charge on any atom is -0.354 e. The van der Waals surface area contributed by atoms with E-state index in [1.165, 1.54) is 0 Å². The molecule has 1 N–H and O–H groups in total. The lowest BCUT2D eigenvalue weighted by atomic mass is 10.2. The van der Waals surface area contributed by atoms with Crippen molar-refractivity contribution in [3.05, 3.63) is 36.2 Å². The van der Waals surface area contributed by atoms with Crippen molar-refractivity contribution in [3.8, 4) is 0 Å². The first-order chi connectivity index (χ1) is 8.66. The number of pyridine rings is 2. The number of thiocarbonyl (C=S) groups is 1. The summed E-state index contributed by atoms with van der Waals surface area (Å²) < 4.78 is 0. The van der Waals surface area contributed by atoms with Gasteiger partial charge in [0.1, 0.15) is 0 Å². The molecule has 0 aliphatic carbocycles. The van der Waals surface area contributed by atoms with E-state index in [2.05, 4.69) is 20.5 Å². The van der Waals surface area contributed by atoms with Gasteiger partial charge in [0.25, 0.3) is 0 Å². The summed E-state index contributed by atoms with van der Waals surface area (Å²) >= 11 is 5.04. The highest BCUT2D eigenvalue weighted by Gasteiger charge is 1.97. The Hall–Kier alpha value is -2.08. The molecular formula is C12H13N5S. The van der Waals surface area contributed by atoms with Crippen LogP contribution >= 0.6 is 12.2 Å². The van der Waals surface area contributed by atoms with Gasteiger partial charge in [0.05, 0.1) is 11.9 Å². The Balaban J connectivity index is 2.12. The van der Waals surface area contributed by atoms with Gasteiger partial charge < -0.3 is 4.90 Å². The standard InChI is InChI=1S/C12H13N5S/c1-17(2)12(18)16-14-8-10-6-5-9-4-3-7-13-11(9)15-10/h3-8H,1-2H3,(H,16,18)/b14-8+. The maximum absolute atomic E-state index is 5.04. The van der Waals surface area contributed by atoms with Crippen molar-refractivity contribution < 1.29 is 0 Å². The molecule has 0 aliphatic rings. The van der Waals surface area contributed by atoms with E-state index in [9.17, 15) is 0 Å². The van der Waals surface area contributed by atoms with E-state index in [4.69, 9.17) is 12.2 Å². The Labute approximate surface area is 111 Å². The second-order valence-electron chi connectivity index (χ2n) is 3.86. The molecule has 0 saturated heterocycles. The van der Waals surface area contributed by atoms with E-state index in [1.807, 2.05) is 38.4 Å². The Morgan fingerprint density at radius 1 is 1.39 bits per heavy atom. The topological polar surface area (TPSA) is 53.4 Å². The summed E-state index contributed by atoms with van der Waals surface area (Å²) in [7, 11) is 3.70. The minimum absolute atomic E-state index is 0.546. The maximum Gasteiger partial charge on any atom is 0.189 e. The van der Waals surface area contributed by atoms with Gasteiger partial charge in [-0.05, 0) is 36.5 Å². The molecule has 92 valence electrons. The number of rotatable bonds is 2. The van der Waals surface area contributed by atoms with Gasteiger partial charge in [-0.15, -0.1) is 0 Å². The molecule has 2 heterocycles. The average molecular weight is 259 g/mol. The van der Waals surface area contributed by atoms with Gasteiger partial charge in [-0.3, -0.25) is 5.43 Å². The van der Waals surface area contributed by atoms with Crippen molar-refractivity contribution in [1.82, 2.24) is 20.3 Å². The van der Waals surface area contributed by atoms with Gasteiger partial charge in [-0.1, -0.05) is 0 Å². The molecule has 18 heavy (non-hydrogen) atoms. The van der Waals surface area contributed by atoms with Crippen LogP contribution in [0.2, 0.25) is 0 Å². The molecule has 6 heteroatoms. The second kappa shape index (κ2) is 5.50. The van der Waals surface area contributed by atoms with Crippen molar-refractivity contribution in [2.45, 2.75) is 0 Å². The summed E-state index contributed by atoms with van der Waals surface area (Å²) in [5.41, 5.74) is 4.18. The lowest BCUT2D eigenvalue weighted by Gasteiger charge is -2.11. The number of nitrogens with zero attached hydrogens (tertiary/aromatic N) is 4. The largest absolute Gasteiger partial charge is 0.354 e. The number of fused-ring (bicyclic) bond motifs is 1. The van der Waals surface area contributed by atoms with Crippen molar-refractivity contribution >= 4 is 34.6 Å². The van der Waals surface area contributed by atoms with Crippen LogP contribution in [0.3, 0.4) is 0 Å². The normalized spacial score (nSPS) is 10.8. The summed E-state index contributed by atoms with van der Waals surface area (Å²) in [5.74, 6) is 0. The van der Waals surface area contributed by atoms with Gasteiger partial charge in [-0.25, -0.2) is 9.97 Å². The quantitative estimate of drug-likeness (QED) is 0.502. The van der Waals surface area contributed by atoms with Crippen molar-refractivity contribution in [2.75, 3.05) is 14.1 Å². The third-order valence-corrected chi connectivity index (χ3v) is 2.71. The molecule has 0 aromatic carbocycles. The van der Waals surface area contributed by atoms with Crippen LogP contribution in [0.15, 0.2) is 35.6 Å². The fraction of sp³-hybridized carbons (Fsp3) is 0.167. The monoisotopic (exact) mass is 259 g/mol. The highest BCUT2D eigenvalue weighted by molar-refractivity contribution is 7.80. The first-order valence-electron chi connectivity index (χ1n) is 5.39. The molecule has 0 aliphatic heterocycles. The smallest absolute Gasteiger partial charge is 0.189 e. The lowest BCUT2D eigenvalue weighted by molar-refractivity contribution is 0.606. The van der Waals surface area contributed by atoms with E-state index in [0.717, 1.165) is 11.1 Å². The maximum atomic E-state index is 5.04. The zero-order valence-electron chi connectivity index (χ0n) is 10.2. The van der Waals surface area contributed by atoms with Crippen molar-refractivity contribution in [2.24, 2.45) is 5.10 Å². The van der Waals surface area contributed by atoms with E-state index < -0.39 is 0 Å². The molecular weight excluding hydrogens is 246 g/mol. The summed E-state index contributed by atoms with van der Waals surface area (Å²) in [6.45, 7) is 0. The van der Waals surface area contributed by atoms with Gasteiger partial charge >= 0.3 is 0 Å². The molecule has 0 atom stereocenters. The van der Waals surface area contributed by atoms with Gasteiger partial charge in [0.2, 0.25) is 0 Å². The number of hydrogen-bond acceptors (Lipinski definition) is 4. The van der Waals surface area contributed by atoms with E-state index in [1.54, 1.807) is 17.3 Å². The highest BCUT2D eigenvalue weighted by Crippen LogP contribution is 2.07. The number of nitrogens with one attached hydrogen (secondary N) is 1. The Morgan fingerprint density at radius 2 is 2.22 bits per heavy atom. The van der Waals surface area contributed by atoms with Crippen LogP contribution in [0.4, 0.5) is 0 Å². The number of aromatic nitrogens is 2. The molecule has 5 nitrogen and oxygen atoms in total. The zero-order chi connectivity index (χ0) is 13.0. The van der Waals surface area contributed by atoms with Crippen LogP contribution in [0.5, 0.6) is 0 Å². The summed E-state index contributed by atoms with van der Waals surface area (Å²) in [4.78, 5) is 10.3. The predicted octanol–water partition coefficient (Wildman–Crippen LogP) is 1.40. The Bertz CT molecular complexity index is 594. The van der Waals surface area contributed by atoms with E-state index in [-0.39, 0.29) is 0 Å². The Kier molecular flexibility index (Phi) is 3.78. The minimum atomic E-state index is 0.546. The van der Waals surface area contributed by atoms with Crippen molar-refractivity contribution in [1.29, 1.82) is 0 Å². The van der Waals surface area contributed by atoms with Crippen LogP contribution in [0.25, 0.3) is 11.0 Å². The fourth-order valence-corrected chi connectivity index (χ4v) is 1.35. The average Bonchev–Trinajstić information content (AvgIpc) is 2.38. The molecule has 0 radical (unpaired) electrons. The molecule has 0 saturated carbocycles. The van der Waals surface area contributed by atoms with Gasteiger partial charge in [-0.2, -0.15) is 5.10 Å². The molecule has 0 fully saturated rings. The molecule has 2 rings (SSSR count). The van der Waals surface area contributed by atoms with E-state index >= 15 is 0 Å². The molecule has 0 amide bonds. The number of hydrazone groups is 1. The molecule has 2 aromatic rings. The Morgan fingerprint density at radius 3 is 3.00 bits per heavy atom. The van der Waals surface area contributed by atoms with Crippen molar-refractivity contribution in [3.63, 3.8) is 0 Å². The van der Waals surface area contributed by atoms with Gasteiger partial charge in [0, 0.05) is 25.7 Å². The third-order valence-electron chi connectivity index (χ3n) is 2.25. The lowest BCUT2D eigenvalue weighted by Crippen LogP contribution is -2.30. The summed E-state index contributed by atoms with van der Waals surface area (Å²) in [5, 5.41) is 5.57. The fourth-order valence-electron chi connectivity index (χ4n) is 1.29. The van der Waals surface area contributed by atoms with Crippen LogP contribution in [0.1, 0.15) is 5.69 Å². The van der Waals surface area contributed by atoms with E-state index in [0.29, 0.717) is 10.8 Å². The molecule has 2 aromatic heterocycles. The van der Waals surface area contributed by atoms with Gasteiger partial charge in [0.15, 0.2) is 10.8 Å². The molecule has 0 unspecified atom stereocenters. The summed E-state index contributed by atoms with van der Waals surface area (Å²) in [6.07, 6.45) is 3.33. The SMILES string of the molecule is CN(C)C(=S)N/N=C/c1ccc2cccnc2n1. The van der Waals surface area contributed by atoms with Crippen LogP contribution in [0, 0.1) is 0 Å². The summed E-state index contributed by atoms with van der Waals surface area (Å²) in [6, 6.07) is 7.69. The number of hydrogen-bond donors (Lipinski definition) is 1. The molecule has 0 spiro atoms. The predicted molar refractivity (Wildman–Crippen MR) is 76.6 cm³/mol. The highest BCUT2D eigenvalue weighted by atomic mass is 32.1. The first kappa shape index (κ1) is 12.4. The van der Waals surface area contributed by atoms with Crippen LogP contribution in [-0.2, 0) is 0 Å². The van der Waals surface area contributed by atoms with Crippen LogP contribution in [-0.4, -0.2) is 40.3 Å². The second-order valence-corrected chi connectivity index (χ2v) is 4.24. The first-order valence-corrected chi connectivity index (χ1v) is 5.80. The van der Waals surface area contributed by atoms with Crippen LogP contribution < -0.4 is 5.43 Å². The third kappa shape index (κ3) is 2.98.